The van der Waals surface area contributed by atoms with E-state index in [2.05, 4.69) is 10.6 Å². The molecule has 1 aliphatic heterocycles. The van der Waals surface area contributed by atoms with Gasteiger partial charge in [0.15, 0.2) is 11.5 Å². The fraction of sp³-hybridized carbons (Fsp3) is 0.562. The molecule has 0 radical (unpaired) electrons. The summed E-state index contributed by atoms with van der Waals surface area (Å²) in [6.07, 6.45) is 2.39. The van der Waals surface area contributed by atoms with E-state index in [0.29, 0.717) is 19.6 Å². The summed E-state index contributed by atoms with van der Waals surface area (Å²) < 4.78 is 11.3. The Labute approximate surface area is 136 Å². The molecule has 5 nitrogen and oxygen atoms in total. The number of carbonyl (C=O) groups is 1. The zero-order valence-electron chi connectivity index (χ0n) is 13.0. The van der Waals surface area contributed by atoms with Crippen LogP contribution in [0.4, 0.5) is 0 Å². The van der Waals surface area contributed by atoms with Crippen molar-refractivity contribution >= 4 is 17.7 Å². The highest BCUT2D eigenvalue weighted by Gasteiger charge is 2.11. The van der Waals surface area contributed by atoms with E-state index in [1.165, 1.54) is 0 Å². The Balaban J connectivity index is 1.70. The van der Waals surface area contributed by atoms with Gasteiger partial charge in [-0.1, -0.05) is 0 Å². The van der Waals surface area contributed by atoms with Gasteiger partial charge in [-0.05, 0) is 38.2 Å². The molecule has 1 amide bonds. The Bertz CT molecular complexity index is 482. The van der Waals surface area contributed by atoms with E-state index < -0.39 is 0 Å². The largest absolute Gasteiger partial charge is 0.490 e. The minimum Gasteiger partial charge on any atom is -0.490 e. The highest BCUT2D eigenvalue weighted by Crippen LogP contribution is 2.33. The molecule has 0 aliphatic carbocycles. The van der Waals surface area contributed by atoms with E-state index in [0.717, 1.165) is 48.1 Å². The van der Waals surface area contributed by atoms with Gasteiger partial charge in [-0.15, -0.1) is 11.8 Å². The molecule has 0 spiro atoms. The van der Waals surface area contributed by atoms with Gasteiger partial charge < -0.3 is 20.1 Å². The normalized spacial score (nSPS) is 13.5. The van der Waals surface area contributed by atoms with Gasteiger partial charge in [-0.2, -0.15) is 0 Å². The minimum absolute atomic E-state index is 0.109. The number of nitrogens with one attached hydrogen (secondary N) is 2. The number of hydrogen-bond acceptors (Lipinski definition) is 5. The Morgan fingerprint density at radius 1 is 1.23 bits per heavy atom. The topological polar surface area (TPSA) is 59.6 Å². The Kier molecular flexibility index (Phi) is 7.39. The number of ether oxygens (including phenoxy) is 2. The summed E-state index contributed by atoms with van der Waals surface area (Å²) in [6.45, 7) is 3.05. The van der Waals surface area contributed by atoms with Crippen LogP contribution in [0.5, 0.6) is 11.5 Å². The molecule has 2 rings (SSSR count). The maximum Gasteiger partial charge on any atom is 0.220 e. The molecule has 6 heteroatoms. The molecule has 22 heavy (non-hydrogen) atoms. The zero-order valence-corrected chi connectivity index (χ0v) is 13.8. The number of rotatable bonds is 8. The fourth-order valence-corrected chi connectivity index (χ4v) is 2.95. The van der Waals surface area contributed by atoms with Crippen molar-refractivity contribution in [2.75, 3.05) is 39.1 Å². The predicted molar refractivity (Wildman–Crippen MR) is 88.9 cm³/mol. The SMILES string of the molecule is CNCCCNC(=O)CCSc1ccc2c(c1)OCCCO2. The predicted octanol–water partition coefficient (Wildman–Crippen LogP) is 2.06. The Morgan fingerprint density at radius 2 is 2.05 bits per heavy atom. The first-order valence-electron chi connectivity index (χ1n) is 7.73. The lowest BCUT2D eigenvalue weighted by molar-refractivity contribution is -0.120. The van der Waals surface area contributed by atoms with Crippen LogP contribution in [0.3, 0.4) is 0 Å². The molecule has 0 fully saturated rings. The van der Waals surface area contributed by atoms with Crippen molar-refractivity contribution in [3.63, 3.8) is 0 Å². The molecule has 1 aromatic rings. The Hall–Kier alpha value is -1.40. The first-order valence-corrected chi connectivity index (χ1v) is 8.72. The van der Waals surface area contributed by atoms with E-state index in [4.69, 9.17) is 9.47 Å². The third-order valence-electron chi connectivity index (χ3n) is 3.24. The average molecular weight is 324 g/mol. The van der Waals surface area contributed by atoms with Crippen LogP contribution in [0.25, 0.3) is 0 Å². The smallest absolute Gasteiger partial charge is 0.220 e. The van der Waals surface area contributed by atoms with Gasteiger partial charge in [0.2, 0.25) is 5.91 Å². The van der Waals surface area contributed by atoms with E-state index in [1.807, 2.05) is 25.2 Å². The first kappa shape index (κ1) is 17.0. The molecule has 1 aromatic carbocycles. The summed E-state index contributed by atoms with van der Waals surface area (Å²) >= 11 is 1.66. The van der Waals surface area contributed by atoms with Crippen LogP contribution in [0.15, 0.2) is 23.1 Å². The van der Waals surface area contributed by atoms with Crippen LogP contribution < -0.4 is 20.1 Å². The van der Waals surface area contributed by atoms with Crippen LogP contribution in [0.2, 0.25) is 0 Å². The van der Waals surface area contributed by atoms with Crippen molar-refractivity contribution in [3.8, 4) is 11.5 Å². The molecule has 2 N–H and O–H groups in total. The lowest BCUT2D eigenvalue weighted by atomic mass is 10.3. The molecule has 0 aromatic heterocycles. The molecular weight excluding hydrogens is 300 g/mol. The summed E-state index contributed by atoms with van der Waals surface area (Å²) in [5, 5.41) is 5.98. The molecule has 0 bridgehead atoms. The lowest BCUT2D eigenvalue weighted by Crippen LogP contribution is -2.26. The summed E-state index contributed by atoms with van der Waals surface area (Å²) in [5.41, 5.74) is 0. The quantitative estimate of drug-likeness (QED) is 0.566. The number of carbonyl (C=O) groups excluding carboxylic acids is 1. The maximum absolute atomic E-state index is 11.7. The molecular formula is C16H24N2O3S. The fourth-order valence-electron chi connectivity index (χ4n) is 2.08. The Morgan fingerprint density at radius 3 is 2.86 bits per heavy atom. The lowest BCUT2D eigenvalue weighted by Gasteiger charge is -2.09. The second-order valence-electron chi connectivity index (χ2n) is 5.06. The van der Waals surface area contributed by atoms with Crippen molar-refractivity contribution in [1.82, 2.24) is 10.6 Å². The third kappa shape index (κ3) is 5.77. The summed E-state index contributed by atoms with van der Waals surface area (Å²) in [5.74, 6) is 2.48. The molecule has 1 aliphatic rings. The van der Waals surface area contributed by atoms with Crippen LogP contribution in [0.1, 0.15) is 19.3 Å². The minimum atomic E-state index is 0.109. The van der Waals surface area contributed by atoms with E-state index >= 15 is 0 Å². The van der Waals surface area contributed by atoms with Gasteiger partial charge in [0.05, 0.1) is 13.2 Å². The second-order valence-corrected chi connectivity index (χ2v) is 6.23. The zero-order chi connectivity index (χ0) is 15.6. The maximum atomic E-state index is 11.7. The molecule has 0 saturated heterocycles. The second kappa shape index (κ2) is 9.58. The van der Waals surface area contributed by atoms with E-state index in [-0.39, 0.29) is 5.91 Å². The van der Waals surface area contributed by atoms with E-state index in [1.54, 1.807) is 11.8 Å². The molecule has 122 valence electrons. The third-order valence-corrected chi connectivity index (χ3v) is 4.24. The van der Waals surface area contributed by atoms with Crippen molar-refractivity contribution < 1.29 is 14.3 Å². The van der Waals surface area contributed by atoms with Gasteiger partial charge in [-0.3, -0.25) is 4.79 Å². The van der Waals surface area contributed by atoms with Crippen LogP contribution in [-0.4, -0.2) is 45.0 Å². The number of hydrogen-bond donors (Lipinski definition) is 2. The van der Waals surface area contributed by atoms with Crippen LogP contribution >= 0.6 is 11.8 Å². The number of amides is 1. The molecule has 0 unspecified atom stereocenters. The van der Waals surface area contributed by atoms with E-state index in [9.17, 15) is 4.79 Å². The van der Waals surface area contributed by atoms with Crippen LogP contribution in [0, 0.1) is 0 Å². The summed E-state index contributed by atoms with van der Waals surface area (Å²) in [4.78, 5) is 12.8. The van der Waals surface area contributed by atoms with Crippen molar-refractivity contribution in [1.29, 1.82) is 0 Å². The molecule has 1 heterocycles. The highest BCUT2D eigenvalue weighted by atomic mass is 32.2. The number of fused-ring (bicyclic) bond motifs is 1. The number of thioether (sulfide) groups is 1. The summed E-state index contributed by atoms with van der Waals surface area (Å²) in [7, 11) is 1.91. The van der Waals surface area contributed by atoms with Gasteiger partial charge in [0.1, 0.15) is 0 Å². The van der Waals surface area contributed by atoms with Crippen molar-refractivity contribution in [2.24, 2.45) is 0 Å². The first-order chi connectivity index (χ1) is 10.8. The monoisotopic (exact) mass is 324 g/mol. The van der Waals surface area contributed by atoms with Gasteiger partial charge in [0, 0.05) is 30.0 Å². The van der Waals surface area contributed by atoms with Gasteiger partial charge >= 0.3 is 0 Å². The van der Waals surface area contributed by atoms with Crippen molar-refractivity contribution in [2.45, 2.75) is 24.2 Å². The molecule has 0 saturated carbocycles. The van der Waals surface area contributed by atoms with Crippen molar-refractivity contribution in [3.05, 3.63) is 18.2 Å². The van der Waals surface area contributed by atoms with Gasteiger partial charge in [-0.25, -0.2) is 0 Å². The average Bonchev–Trinajstić information content (AvgIpc) is 2.76. The van der Waals surface area contributed by atoms with Gasteiger partial charge in [0.25, 0.3) is 0 Å². The van der Waals surface area contributed by atoms with Crippen LogP contribution in [-0.2, 0) is 4.79 Å². The standard InChI is InChI=1S/C16H24N2O3S/c1-17-7-2-8-18-16(19)6-11-22-13-4-5-14-15(12-13)21-10-3-9-20-14/h4-5,12,17H,2-3,6-11H2,1H3,(H,18,19). The molecule has 0 atom stereocenters. The number of benzene rings is 1. The summed E-state index contributed by atoms with van der Waals surface area (Å²) in [6, 6.07) is 5.96. The highest BCUT2D eigenvalue weighted by molar-refractivity contribution is 7.99.